The molecular formula is C14H21BrN2O. The lowest BCUT2D eigenvalue weighted by Crippen LogP contribution is -2.33. The zero-order valence-electron chi connectivity index (χ0n) is 11.3. The summed E-state index contributed by atoms with van der Waals surface area (Å²) < 4.78 is 0.942. The van der Waals surface area contributed by atoms with E-state index in [-0.39, 0.29) is 0 Å². The van der Waals surface area contributed by atoms with Crippen LogP contribution >= 0.6 is 15.9 Å². The molecule has 0 saturated heterocycles. The van der Waals surface area contributed by atoms with Crippen LogP contribution < -0.4 is 4.90 Å². The monoisotopic (exact) mass is 312 g/mol. The molecule has 0 atom stereocenters. The summed E-state index contributed by atoms with van der Waals surface area (Å²) in [5.74, 6) is 0. The summed E-state index contributed by atoms with van der Waals surface area (Å²) in [6.07, 6.45) is 2.00. The molecule has 1 aromatic carbocycles. The summed E-state index contributed by atoms with van der Waals surface area (Å²) in [5.41, 5.74) is 1.77. The smallest absolute Gasteiger partial charge is 0.152 e. The molecule has 0 aliphatic heterocycles. The first-order valence-electron chi connectivity index (χ1n) is 6.23. The third-order valence-corrected chi connectivity index (χ3v) is 3.26. The molecule has 0 spiro atoms. The van der Waals surface area contributed by atoms with E-state index < -0.39 is 0 Å². The average Bonchev–Trinajstić information content (AvgIpc) is 2.34. The summed E-state index contributed by atoms with van der Waals surface area (Å²) in [5, 5.41) is 0. The van der Waals surface area contributed by atoms with Gasteiger partial charge in [0.05, 0.1) is 0 Å². The molecule has 3 nitrogen and oxygen atoms in total. The maximum Gasteiger partial charge on any atom is 0.152 e. The van der Waals surface area contributed by atoms with Gasteiger partial charge in [-0.15, -0.1) is 0 Å². The van der Waals surface area contributed by atoms with Gasteiger partial charge in [0.1, 0.15) is 0 Å². The van der Waals surface area contributed by atoms with Crippen LogP contribution in [0.25, 0.3) is 0 Å². The number of likely N-dealkylation sites (N-methyl/N-ethyl adjacent to an activating group) is 1. The zero-order valence-corrected chi connectivity index (χ0v) is 12.9. The van der Waals surface area contributed by atoms with Crippen LogP contribution in [0.5, 0.6) is 0 Å². The number of anilines is 1. The Morgan fingerprint density at radius 1 is 1.22 bits per heavy atom. The van der Waals surface area contributed by atoms with E-state index in [0.29, 0.717) is 0 Å². The topological polar surface area (TPSA) is 23.6 Å². The average molecular weight is 313 g/mol. The van der Waals surface area contributed by atoms with E-state index in [1.807, 2.05) is 18.2 Å². The summed E-state index contributed by atoms with van der Waals surface area (Å²) in [7, 11) is 4.12. The first kappa shape index (κ1) is 15.2. The minimum absolute atomic E-state index is 0.747. The number of halogens is 1. The Morgan fingerprint density at radius 2 is 1.94 bits per heavy atom. The molecule has 0 heterocycles. The predicted octanol–water partition coefficient (Wildman–Crippen LogP) is 3.04. The molecule has 0 saturated carbocycles. The number of rotatable bonds is 7. The highest BCUT2D eigenvalue weighted by Crippen LogP contribution is 2.23. The highest BCUT2D eigenvalue weighted by atomic mass is 79.9. The van der Waals surface area contributed by atoms with Gasteiger partial charge in [-0.3, -0.25) is 4.79 Å². The van der Waals surface area contributed by atoms with Crippen molar-refractivity contribution in [3.05, 3.63) is 28.2 Å². The Hall–Kier alpha value is -0.870. The van der Waals surface area contributed by atoms with E-state index in [0.717, 1.165) is 48.1 Å². The van der Waals surface area contributed by atoms with E-state index in [1.54, 1.807) is 0 Å². The minimum Gasteiger partial charge on any atom is -0.370 e. The molecular weight excluding hydrogens is 292 g/mol. The van der Waals surface area contributed by atoms with E-state index in [1.165, 1.54) is 0 Å². The van der Waals surface area contributed by atoms with Crippen molar-refractivity contribution in [1.82, 2.24) is 4.90 Å². The maximum atomic E-state index is 11.2. The van der Waals surface area contributed by atoms with Crippen molar-refractivity contribution in [3.8, 4) is 0 Å². The second-order valence-corrected chi connectivity index (χ2v) is 5.53. The molecule has 0 amide bonds. The van der Waals surface area contributed by atoms with Crippen molar-refractivity contribution >= 4 is 27.9 Å². The number of carbonyl (C=O) groups excluding carboxylic acids is 1. The van der Waals surface area contributed by atoms with Crippen LogP contribution in [0.2, 0.25) is 0 Å². The highest BCUT2D eigenvalue weighted by molar-refractivity contribution is 9.10. The van der Waals surface area contributed by atoms with Crippen molar-refractivity contribution < 1.29 is 4.79 Å². The third-order valence-electron chi connectivity index (χ3n) is 2.77. The van der Waals surface area contributed by atoms with Crippen LogP contribution in [0, 0.1) is 0 Å². The van der Waals surface area contributed by atoms with Crippen LogP contribution in [0.4, 0.5) is 5.69 Å². The molecule has 18 heavy (non-hydrogen) atoms. The Labute approximate surface area is 118 Å². The Morgan fingerprint density at radius 3 is 2.50 bits per heavy atom. The number of nitrogens with zero attached hydrogens (tertiary/aromatic N) is 2. The maximum absolute atomic E-state index is 11.2. The van der Waals surface area contributed by atoms with E-state index in [9.17, 15) is 4.79 Å². The number of carbonyl (C=O) groups is 1. The van der Waals surface area contributed by atoms with Crippen LogP contribution in [0.3, 0.4) is 0 Å². The lowest BCUT2D eigenvalue weighted by molar-refractivity contribution is 0.112. The lowest BCUT2D eigenvalue weighted by Gasteiger charge is -2.27. The fourth-order valence-electron chi connectivity index (χ4n) is 1.85. The lowest BCUT2D eigenvalue weighted by atomic mass is 10.1. The number of benzene rings is 1. The van der Waals surface area contributed by atoms with Gasteiger partial charge in [-0.05, 0) is 38.7 Å². The molecule has 4 heteroatoms. The molecule has 100 valence electrons. The number of hydrogen-bond acceptors (Lipinski definition) is 3. The second kappa shape index (κ2) is 7.54. The van der Waals surface area contributed by atoms with Crippen LogP contribution in [-0.2, 0) is 0 Å². The summed E-state index contributed by atoms with van der Waals surface area (Å²) in [4.78, 5) is 15.6. The Bertz CT molecular complexity index is 393. The molecule has 0 radical (unpaired) electrons. The van der Waals surface area contributed by atoms with Crippen molar-refractivity contribution in [3.63, 3.8) is 0 Å². The summed E-state index contributed by atoms with van der Waals surface area (Å²) in [6, 6.07) is 5.88. The molecule has 1 aromatic rings. The molecule has 0 aromatic heterocycles. The fraction of sp³-hybridized carbons (Fsp3) is 0.500. The van der Waals surface area contributed by atoms with Gasteiger partial charge in [-0.25, -0.2) is 0 Å². The van der Waals surface area contributed by atoms with Gasteiger partial charge in [0.2, 0.25) is 0 Å². The minimum atomic E-state index is 0.747. The quantitative estimate of drug-likeness (QED) is 0.723. The standard InChI is InChI=1S/C14H21BrN2O/c1-4-7-17(9-8-16(2)3)14-6-5-13(15)10-12(14)11-18/h5-6,10-11H,4,7-9H2,1-3H3. The number of hydrogen-bond donors (Lipinski definition) is 0. The first-order valence-corrected chi connectivity index (χ1v) is 7.02. The van der Waals surface area contributed by atoms with Gasteiger partial charge < -0.3 is 9.80 Å². The van der Waals surface area contributed by atoms with E-state index in [4.69, 9.17) is 0 Å². The molecule has 0 fully saturated rings. The van der Waals surface area contributed by atoms with E-state index in [2.05, 4.69) is 46.7 Å². The van der Waals surface area contributed by atoms with Gasteiger partial charge in [0.25, 0.3) is 0 Å². The SMILES string of the molecule is CCCN(CCN(C)C)c1ccc(Br)cc1C=O. The molecule has 0 unspecified atom stereocenters. The van der Waals surface area contributed by atoms with E-state index >= 15 is 0 Å². The molecule has 1 rings (SSSR count). The van der Waals surface area contributed by atoms with Gasteiger partial charge >= 0.3 is 0 Å². The fourth-order valence-corrected chi connectivity index (χ4v) is 2.23. The number of aldehydes is 1. The Balaban J connectivity index is 2.93. The predicted molar refractivity (Wildman–Crippen MR) is 80.6 cm³/mol. The molecule has 0 aliphatic rings. The van der Waals surface area contributed by atoms with Crippen molar-refractivity contribution in [2.24, 2.45) is 0 Å². The van der Waals surface area contributed by atoms with Gasteiger partial charge in [0.15, 0.2) is 6.29 Å². The van der Waals surface area contributed by atoms with Crippen molar-refractivity contribution in [2.45, 2.75) is 13.3 Å². The zero-order chi connectivity index (χ0) is 13.5. The normalized spacial score (nSPS) is 10.7. The van der Waals surface area contributed by atoms with Crippen molar-refractivity contribution in [2.75, 3.05) is 38.6 Å². The van der Waals surface area contributed by atoms with Crippen molar-refractivity contribution in [1.29, 1.82) is 0 Å². The van der Waals surface area contributed by atoms with Gasteiger partial charge in [0, 0.05) is 35.4 Å². The Kier molecular flexibility index (Phi) is 6.36. The van der Waals surface area contributed by atoms with Crippen LogP contribution in [0.15, 0.2) is 22.7 Å². The third kappa shape index (κ3) is 4.42. The van der Waals surface area contributed by atoms with Gasteiger partial charge in [-0.2, -0.15) is 0 Å². The summed E-state index contributed by atoms with van der Waals surface area (Å²) in [6.45, 7) is 5.04. The van der Waals surface area contributed by atoms with Crippen LogP contribution in [0.1, 0.15) is 23.7 Å². The molecule has 0 N–H and O–H groups in total. The molecule has 0 bridgehead atoms. The highest BCUT2D eigenvalue weighted by Gasteiger charge is 2.11. The largest absolute Gasteiger partial charge is 0.370 e. The summed E-state index contributed by atoms with van der Waals surface area (Å²) >= 11 is 3.40. The second-order valence-electron chi connectivity index (χ2n) is 4.61. The van der Waals surface area contributed by atoms with Gasteiger partial charge in [-0.1, -0.05) is 22.9 Å². The van der Waals surface area contributed by atoms with Crippen LogP contribution in [-0.4, -0.2) is 44.9 Å². The molecule has 0 aliphatic carbocycles. The first-order chi connectivity index (χ1) is 8.58.